The maximum Gasteiger partial charge on any atom is 0.305 e. The standard InChI is InChI=1S/C19H19NO3/c1-22-19(21)9-5-3-6-15-16-7-2-4-8-18(16)23-13-14-10-11-20-12-17(14)15/h2,4,6-8,10-12H,3,5,9,13H2,1H3/b15-6-. The van der Waals surface area contributed by atoms with Crippen LogP contribution in [-0.4, -0.2) is 18.1 Å². The fourth-order valence-corrected chi connectivity index (χ4v) is 2.72. The van der Waals surface area contributed by atoms with Crippen LogP contribution < -0.4 is 4.74 Å². The maximum atomic E-state index is 11.2. The van der Waals surface area contributed by atoms with Crippen molar-refractivity contribution in [1.29, 1.82) is 0 Å². The Labute approximate surface area is 135 Å². The average molecular weight is 309 g/mol. The molecular weight excluding hydrogens is 290 g/mol. The minimum absolute atomic E-state index is 0.171. The molecule has 2 aromatic rings. The van der Waals surface area contributed by atoms with Gasteiger partial charge >= 0.3 is 5.97 Å². The summed E-state index contributed by atoms with van der Waals surface area (Å²) in [5, 5.41) is 0. The first-order chi connectivity index (χ1) is 11.3. The van der Waals surface area contributed by atoms with E-state index in [1.165, 1.54) is 7.11 Å². The Morgan fingerprint density at radius 3 is 3.04 bits per heavy atom. The minimum atomic E-state index is -0.171. The number of nitrogens with zero attached hydrogens (tertiary/aromatic N) is 1. The number of carbonyl (C=O) groups is 1. The molecule has 0 saturated carbocycles. The summed E-state index contributed by atoms with van der Waals surface area (Å²) in [5.74, 6) is 0.706. The maximum absolute atomic E-state index is 11.2. The van der Waals surface area contributed by atoms with Gasteiger partial charge in [-0.3, -0.25) is 9.78 Å². The molecule has 23 heavy (non-hydrogen) atoms. The van der Waals surface area contributed by atoms with Crippen molar-refractivity contribution in [3.05, 3.63) is 65.5 Å². The topological polar surface area (TPSA) is 48.4 Å². The molecular formula is C19H19NO3. The highest BCUT2D eigenvalue weighted by molar-refractivity contribution is 5.84. The number of esters is 1. The Kier molecular flexibility index (Phi) is 4.71. The molecule has 3 rings (SSSR count). The van der Waals surface area contributed by atoms with Crippen molar-refractivity contribution < 1.29 is 14.3 Å². The fraction of sp³-hybridized carbons (Fsp3) is 0.263. The molecule has 1 aliphatic rings. The van der Waals surface area contributed by atoms with Crippen LogP contribution in [0.2, 0.25) is 0 Å². The first-order valence-corrected chi connectivity index (χ1v) is 7.72. The van der Waals surface area contributed by atoms with Gasteiger partial charge in [0.2, 0.25) is 0 Å². The number of benzene rings is 1. The summed E-state index contributed by atoms with van der Waals surface area (Å²) in [6, 6.07) is 10.0. The summed E-state index contributed by atoms with van der Waals surface area (Å²) in [4.78, 5) is 15.5. The molecule has 4 heteroatoms. The van der Waals surface area contributed by atoms with Gasteiger partial charge in [-0.25, -0.2) is 0 Å². The van der Waals surface area contributed by atoms with Crippen LogP contribution in [0.25, 0.3) is 5.57 Å². The molecule has 4 nitrogen and oxygen atoms in total. The van der Waals surface area contributed by atoms with E-state index in [0.717, 1.165) is 40.9 Å². The quantitative estimate of drug-likeness (QED) is 0.637. The van der Waals surface area contributed by atoms with Crippen LogP contribution in [0.5, 0.6) is 5.75 Å². The molecule has 0 atom stereocenters. The van der Waals surface area contributed by atoms with Gasteiger partial charge in [0, 0.05) is 35.5 Å². The molecule has 118 valence electrons. The molecule has 0 amide bonds. The Morgan fingerprint density at radius 1 is 1.30 bits per heavy atom. The molecule has 0 bridgehead atoms. The Bertz CT molecular complexity index is 687. The van der Waals surface area contributed by atoms with Gasteiger partial charge in [-0.05, 0) is 30.5 Å². The second-order valence-corrected chi connectivity index (χ2v) is 5.40. The largest absolute Gasteiger partial charge is 0.488 e. The summed E-state index contributed by atoms with van der Waals surface area (Å²) in [6.45, 7) is 0.536. The number of methoxy groups -OCH3 is 1. The van der Waals surface area contributed by atoms with E-state index in [4.69, 9.17) is 4.74 Å². The summed E-state index contributed by atoms with van der Waals surface area (Å²) in [5.41, 5.74) is 4.40. The van der Waals surface area contributed by atoms with Gasteiger partial charge in [0.15, 0.2) is 0 Å². The Balaban J connectivity index is 1.92. The molecule has 0 aliphatic carbocycles. The van der Waals surface area contributed by atoms with Gasteiger partial charge in [-0.1, -0.05) is 24.3 Å². The Morgan fingerprint density at radius 2 is 2.17 bits per heavy atom. The number of fused-ring (bicyclic) bond motifs is 2. The van der Waals surface area contributed by atoms with E-state index in [9.17, 15) is 4.79 Å². The molecule has 0 fully saturated rings. The van der Waals surface area contributed by atoms with E-state index in [2.05, 4.69) is 21.9 Å². The number of para-hydroxylation sites is 1. The highest BCUT2D eigenvalue weighted by atomic mass is 16.5. The third-order valence-electron chi connectivity index (χ3n) is 3.92. The smallest absolute Gasteiger partial charge is 0.305 e. The van der Waals surface area contributed by atoms with Gasteiger partial charge < -0.3 is 9.47 Å². The average Bonchev–Trinajstić information content (AvgIpc) is 2.76. The number of hydrogen-bond acceptors (Lipinski definition) is 4. The molecule has 0 unspecified atom stereocenters. The van der Waals surface area contributed by atoms with Crippen LogP contribution in [0.3, 0.4) is 0 Å². The lowest BCUT2D eigenvalue weighted by Gasteiger charge is -2.10. The number of rotatable bonds is 4. The zero-order valence-electron chi connectivity index (χ0n) is 13.1. The number of carbonyl (C=O) groups excluding carboxylic acids is 1. The zero-order valence-corrected chi connectivity index (χ0v) is 13.1. The fourth-order valence-electron chi connectivity index (χ4n) is 2.72. The number of hydrogen-bond donors (Lipinski definition) is 0. The number of pyridine rings is 1. The first kappa shape index (κ1) is 15.3. The van der Waals surface area contributed by atoms with E-state index in [1.54, 1.807) is 6.20 Å². The van der Waals surface area contributed by atoms with Crippen molar-refractivity contribution in [1.82, 2.24) is 4.98 Å². The SMILES string of the molecule is COC(=O)CCC/C=C1\c2cnccc2COc2ccccc21. The van der Waals surface area contributed by atoms with Crippen molar-refractivity contribution in [2.24, 2.45) is 0 Å². The van der Waals surface area contributed by atoms with E-state index in [1.807, 2.05) is 30.5 Å². The highest BCUT2D eigenvalue weighted by Crippen LogP contribution is 2.36. The molecule has 1 aliphatic heterocycles. The summed E-state index contributed by atoms with van der Waals surface area (Å²) < 4.78 is 10.6. The van der Waals surface area contributed by atoms with Crippen LogP contribution in [0.1, 0.15) is 36.0 Å². The van der Waals surface area contributed by atoms with Crippen LogP contribution in [0.15, 0.2) is 48.8 Å². The number of allylic oxidation sites excluding steroid dienone is 1. The molecule has 0 N–H and O–H groups in total. The zero-order chi connectivity index (χ0) is 16.1. The van der Waals surface area contributed by atoms with Gasteiger partial charge in [0.1, 0.15) is 12.4 Å². The van der Waals surface area contributed by atoms with E-state index in [-0.39, 0.29) is 5.97 Å². The second-order valence-electron chi connectivity index (χ2n) is 5.40. The van der Waals surface area contributed by atoms with E-state index < -0.39 is 0 Å². The van der Waals surface area contributed by atoms with Crippen LogP contribution >= 0.6 is 0 Å². The van der Waals surface area contributed by atoms with Gasteiger partial charge in [0.05, 0.1) is 7.11 Å². The molecule has 0 saturated heterocycles. The van der Waals surface area contributed by atoms with Gasteiger partial charge in [0.25, 0.3) is 0 Å². The Hall–Kier alpha value is -2.62. The summed E-state index contributed by atoms with van der Waals surface area (Å²) in [6.07, 6.45) is 7.82. The molecule has 0 radical (unpaired) electrons. The van der Waals surface area contributed by atoms with E-state index >= 15 is 0 Å². The number of aromatic nitrogens is 1. The normalized spacial score (nSPS) is 14.4. The number of ether oxygens (including phenoxy) is 2. The third-order valence-corrected chi connectivity index (χ3v) is 3.92. The number of unbranched alkanes of at least 4 members (excludes halogenated alkanes) is 1. The lowest BCUT2D eigenvalue weighted by Crippen LogP contribution is -1.99. The van der Waals surface area contributed by atoms with Crippen molar-refractivity contribution in [2.45, 2.75) is 25.9 Å². The third kappa shape index (κ3) is 3.42. The molecule has 2 heterocycles. The monoisotopic (exact) mass is 309 g/mol. The molecule has 1 aromatic heterocycles. The van der Waals surface area contributed by atoms with Crippen molar-refractivity contribution in [2.75, 3.05) is 7.11 Å². The minimum Gasteiger partial charge on any atom is -0.488 e. The predicted octanol–water partition coefficient (Wildman–Crippen LogP) is 3.75. The van der Waals surface area contributed by atoms with Gasteiger partial charge in [-0.2, -0.15) is 0 Å². The summed E-state index contributed by atoms with van der Waals surface area (Å²) >= 11 is 0. The lowest BCUT2D eigenvalue weighted by molar-refractivity contribution is -0.140. The highest BCUT2D eigenvalue weighted by Gasteiger charge is 2.18. The van der Waals surface area contributed by atoms with Crippen molar-refractivity contribution in [3.8, 4) is 5.75 Å². The second kappa shape index (κ2) is 7.09. The summed E-state index contributed by atoms with van der Waals surface area (Å²) in [7, 11) is 1.42. The van der Waals surface area contributed by atoms with E-state index in [0.29, 0.717) is 13.0 Å². The van der Waals surface area contributed by atoms with Crippen LogP contribution in [0.4, 0.5) is 0 Å². The molecule has 1 aromatic carbocycles. The van der Waals surface area contributed by atoms with Crippen molar-refractivity contribution in [3.63, 3.8) is 0 Å². The predicted molar refractivity (Wildman–Crippen MR) is 88.0 cm³/mol. The van der Waals surface area contributed by atoms with Gasteiger partial charge in [-0.15, -0.1) is 0 Å². The van der Waals surface area contributed by atoms with Crippen LogP contribution in [-0.2, 0) is 16.1 Å². The van der Waals surface area contributed by atoms with Crippen molar-refractivity contribution >= 4 is 11.5 Å². The first-order valence-electron chi connectivity index (χ1n) is 7.72. The van der Waals surface area contributed by atoms with Crippen LogP contribution in [0, 0.1) is 0 Å². The lowest BCUT2D eigenvalue weighted by atomic mass is 9.94. The molecule has 0 spiro atoms.